The third-order valence-electron chi connectivity index (χ3n) is 3.23. The molecule has 0 aliphatic rings. The van der Waals surface area contributed by atoms with E-state index in [0.717, 1.165) is 0 Å². The van der Waals surface area contributed by atoms with Crippen molar-refractivity contribution < 1.29 is 8.42 Å². The minimum Gasteiger partial charge on any atom is -0.337 e. The van der Waals surface area contributed by atoms with Crippen molar-refractivity contribution >= 4 is 21.6 Å². The molecule has 6 nitrogen and oxygen atoms in total. The first-order valence-electron chi connectivity index (χ1n) is 6.27. The molecular formula is C13H17ClN4O2S. The van der Waals surface area contributed by atoms with Gasteiger partial charge in [0.25, 0.3) is 0 Å². The van der Waals surface area contributed by atoms with Gasteiger partial charge in [0, 0.05) is 38.1 Å². The molecule has 0 bridgehead atoms. The number of rotatable bonds is 5. The van der Waals surface area contributed by atoms with E-state index in [0.29, 0.717) is 16.4 Å². The summed E-state index contributed by atoms with van der Waals surface area (Å²) in [5.74, 6) is 0.661. The Labute approximate surface area is 129 Å². The maximum absolute atomic E-state index is 12.6. The highest BCUT2D eigenvalue weighted by Crippen LogP contribution is 2.22. The van der Waals surface area contributed by atoms with Crippen molar-refractivity contribution in [3.05, 3.63) is 47.0 Å². The van der Waals surface area contributed by atoms with Crippen molar-refractivity contribution in [1.82, 2.24) is 13.9 Å². The number of aryl methyl sites for hydroxylation is 1. The smallest absolute Gasteiger partial charge is 0.243 e. The maximum atomic E-state index is 12.6. The lowest BCUT2D eigenvalue weighted by molar-refractivity contribution is 0.451. The van der Waals surface area contributed by atoms with Crippen LogP contribution < -0.4 is 5.73 Å². The number of hydrogen-bond donors (Lipinski definition) is 1. The zero-order valence-corrected chi connectivity index (χ0v) is 13.4. The molecule has 0 amide bonds. The number of sulfonamides is 1. The first-order chi connectivity index (χ1) is 9.86. The Morgan fingerprint density at radius 3 is 2.71 bits per heavy atom. The number of benzene rings is 1. The number of nitrogens with two attached hydrogens (primary N) is 1. The SMILES string of the molecule is CN(Cc1nccn1C)S(=O)(=O)c1ccc(Cl)c(CN)c1. The molecule has 0 radical (unpaired) electrons. The normalized spacial score (nSPS) is 12.0. The largest absolute Gasteiger partial charge is 0.337 e. The number of imidazole rings is 1. The van der Waals surface area contributed by atoms with Gasteiger partial charge in [0.1, 0.15) is 5.82 Å². The van der Waals surface area contributed by atoms with Crippen molar-refractivity contribution in [2.24, 2.45) is 12.8 Å². The molecule has 1 aromatic heterocycles. The topological polar surface area (TPSA) is 81.2 Å². The van der Waals surface area contributed by atoms with E-state index in [9.17, 15) is 8.42 Å². The van der Waals surface area contributed by atoms with Crippen LogP contribution in [0.5, 0.6) is 0 Å². The molecule has 0 unspecified atom stereocenters. The average Bonchev–Trinajstić information content (AvgIpc) is 2.84. The Hall–Kier alpha value is -1.41. The first-order valence-corrected chi connectivity index (χ1v) is 8.09. The van der Waals surface area contributed by atoms with Crippen molar-refractivity contribution in [2.75, 3.05) is 7.05 Å². The Morgan fingerprint density at radius 1 is 1.43 bits per heavy atom. The van der Waals surface area contributed by atoms with Gasteiger partial charge in [-0.1, -0.05) is 11.6 Å². The fraction of sp³-hybridized carbons (Fsp3) is 0.308. The van der Waals surface area contributed by atoms with E-state index >= 15 is 0 Å². The van der Waals surface area contributed by atoms with Crippen molar-refractivity contribution in [1.29, 1.82) is 0 Å². The highest BCUT2D eigenvalue weighted by molar-refractivity contribution is 7.89. The van der Waals surface area contributed by atoms with Crippen LogP contribution >= 0.6 is 11.6 Å². The van der Waals surface area contributed by atoms with Crippen LogP contribution in [0.2, 0.25) is 5.02 Å². The van der Waals surface area contributed by atoms with Crippen LogP contribution in [-0.4, -0.2) is 29.3 Å². The van der Waals surface area contributed by atoms with Crippen LogP contribution in [-0.2, 0) is 30.2 Å². The van der Waals surface area contributed by atoms with Crippen LogP contribution in [0.25, 0.3) is 0 Å². The summed E-state index contributed by atoms with van der Waals surface area (Å²) in [6.07, 6.45) is 3.40. The zero-order valence-electron chi connectivity index (χ0n) is 11.8. The second-order valence-electron chi connectivity index (χ2n) is 4.67. The van der Waals surface area contributed by atoms with Crippen LogP contribution in [0.4, 0.5) is 0 Å². The molecule has 0 spiro atoms. The van der Waals surface area contributed by atoms with Crippen LogP contribution in [0.15, 0.2) is 35.5 Å². The fourth-order valence-electron chi connectivity index (χ4n) is 1.88. The standard InChI is InChI=1S/C13H17ClN4O2S/c1-17-6-5-16-13(17)9-18(2)21(19,20)11-3-4-12(14)10(7-11)8-15/h3-7H,8-9,15H2,1-2H3. The summed E-state index contributed by atoms with van der Waals surface area (Å²) in [7, 11) is -0.284. The van der Waals surface area contributed by atoms with E-state index in [1.54, 1.807) is 23.0 Å². The van der Waals surface area contributed by atoms with Crippen molar-refractivity contribution in [2.45, 2.75) is 18.0 Å². The highest BCUT2D eigenvalue weighted by Gasteiger charge is 2.22. The second-order valence-corrected chi connectivity index (χ2v) is 7.12. The highest BCUT2D eigenvalue weighted by atomic mass is 35.5. The summed E-state index contributed by atoms with van der Waals surface area (Å²) in [5.41, 5.74) is 6.16. The summed E-state index contributed by atoms with van der Waals surface area (Å²) in [6.45, 7) is 0.373. The summed E-state index contributed by atoms with van der Waals surface area (Å²) in [5, 5.41) is 0.461. The third-order valence-corrected chi connectivity index (χ3v) is 5.40. The van der Waals surface area contributed by atoms with E-state index in [-0.39, 0.29) is 18.0 Å². The second kappa shape index (κ2) is 6.15. The van der Waals surface area contributed by atoms with Crippen molar-refractivity contribution in [3.8, 4) is 0 Å². The average molecular weight is 329 g/mol. The lowest BCUT2D eigenvalue weighted by Crippen LogP contribution is -2.28. The summed E-state index contributed by atoms with van der Waals surface area (Å²) in [6, 6.07) is 4.53. The van der Waals surface area contributed by atoms with E-state index < -0.39 is 10.0 Å². The van der Waals surface area contributed by atoms with Gasteiger partial charge < -0.3 is 10.3 Å². The number of nitrogens with zero attached hydrogens (tertiary/aromatic N) is 3. The predicted molar refractivity (Wildman–Crippen MR) is 81.2 cm³/mol. The molecule has 2 N–H and O–H groups in total. The number of aromatic nitrogens is 2. The first kappa shape index (κ1) is 16.0. The molecule has 1 heterocycles. The Kier molecular flexibility index (Phi) is 4.67. The number of hydrogen-bond acceptors (Lipinski definition) is 4. The minimum absolute atomic E-state index is 0.170. The molecule has 8 heteroatoms. The van der Waals surface area contributed by atoms with Crippen molar-refractivity contribution in [3.63, 3.8) is 0 Å². The zero-order chi connectivity index (χ0) is 15.6. The van der Waals surface area contributed by atoms with Gasteiger partial charge in [0.2, 0.25) is 10.0 Å². The summed E-state index contributed by atoms with van der Waals surface area (Å²) in [4.78, 5) is 4.30. The molecule has 0 aliphatic carbocycles. The van der Waals surface area contributed by atoms with E-state index in [4.69, 9.17) is 17.3 Å². The van der Waals surface area contributed by atoms with Gasteiger partial charge in [0.05, 0.1) is 11.4 Å². The van der Waals surface area contributed by atoms with Gasteiger partial charge in [-0.25, -0.2) is 13.4 Å². The quantitative estimate of drug-likeness (QED) is 0.898. The number of halogens is 1. The molecule has 114 valence electrons. The van der Waals surface area contributed by atoms with Crippen LogP contribution in [0.1, 0.15) is 11.4 Å². The Morgan fingerprint density at radius 2 is 2.14 bits per heavy atom. The van der Waals surface area contributed by atoms with Gasteiger partial charge in [-0.3, -0.25) is 0 Å². The molecule has 1 aromatic carbocycles. The monoisotopic (exact) mass is 328 g/mol. The summed E-state index contributed by atoms with van der Waals surface area (Å²) >= 11 is 5.96. The van der Waals surface area contributed by atoms with Gasteiger partial charge >= 0.3 is 0 Å². The lowest BCUT2D eigenvalue weighted by Gasteiger charge is -2.17. The van der Waals surface area contributed by atoms with Gasteiger partial charge in [0.15, 0.2) is 0 Å². The minimum atomic E-state index is -3.62. The molecule has 0 saturated carbocycles. The van der Waals surface area contributed by atoms with Crippen LogP contribution in [0, 0.1) is 0 Å². The van der Waals surface area contributed by atoms with Gasteiger partial charge in [-0.05, 0) is 23.8 Å². The van der Waals surface area contributed by atoms with E-state index in [1.165, 1.54) is 23.5 Å². The molecular weight excluding hydrogens is 312 g/mol. The van der Waals surface area contributed by atoms with Gasteiger partial charge in [-0.2, -0.15) is 4.31 Å². The molecule has 0 fully saturated rings. The molecule has 0 atom stereocenters. The molecule has 21 heavy (non-hydrogen) atoms. The van der Waals surface area contributed by atoms with Crippen LogP contribution in [0.3, 0.4) is 0 Å². The third kappa shape index (κ3) is 3.26. The molecule has 2 rings (SSSR count). The molecule has 2 aromatic rings. The van der Waals surface area contributed by atoms with E-state index in [1.807, 2.05) is 7.05 Å². The Bertz CT molecular complexity index is 742. The van der Waals surface area contributed by atoms with Gasteiger partial charge in [-0.15, -0.1) is 0 Å². The summed E-state index contributed by atoms with van der Waals surface area (Å²) < 4.78 is 28.1. The fourth-order valence-corrected chi connectivity index (χ4v) is 3.25. The predicted octanol–water partition coefficient (Wildman–Crippen LogP) is 1.35. The molecule has 0 aliphatic heterocycles. The Balaban J connectivity index is 2.31. The maximum Gasteiger partial charge on any atom is 0.243 e. The van der Waals surface area contributed by atoms with E-state index in [2.05, 4.69) is 4.98 Å². The molecule has 0 saturated heterocycles. The lowest BCUT2D eigenvalue weighted by atomic mass is 10.2.